The average molecular weight is 285 g/mol. The van der Waals surface area contributed by atoms with Gasteiger partial charge in [-0.05, 0) is 31.8 Å². The van der Waals surface area contributed by atoms with Crippen molar-refractivity contribution in [1.82, 2.24) is 4.37 Å². The molecule has 1 aromatic heterocycles. The zero-order chi connectivity index (χ0) is 14.8. The van der Waals surface area contributed by atoms with Gasteiger partial charge in [-0.2, -0.15) is 4.37 Å². The van der Waals surface area contributed by atoms with Crippen LogP contribution >= 0.6 is 11.5 Å². The number of carboxylic acid groups (broad SMARTS) is 1. The van der Waals surface area contributed by atoms with E-state index in [2.05, 4.69) is 4.37 Å². The van der Waals surface area contributed by atoms with Gasteiger partial charge in [-0.3, -0.25) is 4.79 Å². The second-order valence-electron chi connectivity index (χ2n) is 4.78. The van der Waals surface area contributed by atoms with Gasteiger partial charge in [0, 0.05) is 7.05 Å². The van der Waals surface area contributed by atoms with E-state index < -0.39 is 11.5 Å². The molecule has 0 saturated heterocycles. The van der Waals surface area contributed by atoms with Crippen LogP contribution in [0.5, 0.6) is 0 Å². The second kappa shape index (κ2) is 5.66. The number of aromatic nitrogens is 1. The minimum absolute atomic E-state index is 0.0631. The van der Waals surface area contributed by atoms with Crippen LogP contribution in [0.15, 0.2) is 0 Å². The first-order valence-electron chi connectivity index (χ1n) is 5.99. The minimum atomic E-state index is -1.09. The van der Waals surface area contributed by atoms with E-state index in [1.54, 1.807) is 13.8 Å². The van der Waals surface area contributed by atoms with Crippen molar-refractivity contribution in [1.29, 1.82) is 0 Å². The number of hydrogen-bond donors (Lipinski definition) is 2. The molecular weight excluding hydrogens is 266 g/mol. The Bertz CT molecular complexity index is 496. The van der Waals surface area contributed by atoms with Crippen molar-refractivity contribution in [3.05, 3.63) is 11.3 Å². The van der Waals surface area contributed by atoms with E-state index in [0.29, 0.717) is 17.1 Å². The molecule has 3 N–H and O–H groups in total. The molecule has 1 amide bonds. The topological polar surface area (TPSA) is 96.5 Å². The first kappa shape index (κ1) is 15.6. The van der Waals surface area contributed by atoms with E-state index in [9.17, 15) is 9.59 Å². The fraction of sp³-hybridized carbons (Fsp3) is 0.583. The Kier molecular flexibility index (Phi) is 4.65. The lowest BCUT2D eigenvalue weighted by atomic mass is 9.96. The summed E-state index contributed by atoms with van der Waals surface area (Å²) in [4.78, 5) is 24.8. The molecule has 0 aromatic carbocycles. The van der Waals surface area contributed by atoms with Gasteiger partial charge in [-0.25, -0.2) is 4.79 Å². The third kappa shape index (κ3) is 3.10. The van der Waals surface area contributed by atoms with Crippen LogP contribution in [0.4, 0.5) is 5.00 Å². The molecule has 1 heterocycles. The maximum absolute atomic E-state index is 12.3. The molecule has 0 aliphatic carbocycles. The summed E-state index contributed by atoms with van der Waals surface area (Å²) in [6.45, 7) is 5.21. The molecule has 0 aliphatic rings. The van der Waals surface area contributed by atoms with Crippen molar-refractivity contribution in [3.8, 4) is 0 Å². The van der Waals surface area contributed by atoms with Crippen LogP contribution in [0, 0.1) is 6.92 Å². The normalized spacial score (nSPS) is 13.9. The number of aromatic carboxylic acids is 1. The average Bonchev–Trinajstić information content (AvgIpc) is 2.69. The number of anilines is 1. The summed E-state index contributed by atoms with van der Waals surface area (Å²) in [6, 6.07) is 0. The molecule has 6 nitrogen and oxygen atoms in total. The predicted molar refractivity (Wildman–Crippen MR) is 74.7 cm³/mol. The molecule has 0 bridgehead atoms. The zero-order valence-corrected chi connectivity index (χ0v) is 12.4. The molecule has 0 aliphatic heterocycles. The van der Waals surface area contributed by atoms with Gasteiger partial charge in [0.15, 0.2) is 0 Å². The van der Waals surface area contributed by atoms with Crippen molar-refractivity contribution in [2.45, 2.75) is 39.2 Å². The summed E-state index contributed by atoms with van der Waals surface area (Å²) >= 11 is 0.994. The van der Waals surface area contributed by atoms with Gasteiger partial charge in [0.2, 0.25) is 5.91 Å². The number of hydrogen-bond acceptors (Lipinski definition) is 5. The largest absolute Gasteiger partial charge is 0.478 e. The SMILES string of the molecule is CCCC(C)(N)C(=O)N(C)c1snc(C)c1C(=O)O. The molecule has 0 radical (unpaired) electrons. The number of aryl methyl sites for hydroxylation is 1. The third-order valence-electron chi connectivity index (χ3n) is 2.93. The van der Waals surface area contributed by atoms with Crippen LogP contribution in [-0.4, -0.2) is 33.9 Å². The van der Waals surface area contributed by atoms with Crippen LogP contribution in [-0.2, 0) is 4.79 Å². The molecule has 19 heavy (non-hydrogen) atoms. The van der Waals surface area contributed by atoms with Crippen LogP contribution in [0.25, 0.3) is 0 Å². The third-order valence-corrected chi connectivity index (χ3v) is 3.94. The van der Waals surface area contributed by atoms with Gasteiger partial charge in [-0.15, -0.1) is 0 Å². The summed E-state index contributed by atoms with van der Waals surface area (Å²) in [5.74, 6) is -1.39. The van der Waals surface area contributed by atoms with E-state index in [-0.39, 0.29) is 11.5 Å². The lowest BCUT2D eigenvalue weighted by Gasteiger charge is -2.28. The Morgan fingerprint density at radius 3 is 2.58 bits per heavy atom. The van der Waals surface area contributed by atoms with E-state index in [1.807, 2.05) is 6.92 Å². The van der Waals surface area contributed by atoms with Crippen LogP contribution in [0.1, 0.15) is 42.7 Å². The smallest absolute Gasteiger partial charge is 0.340 e. The van der Waals surface area contributed by atoms with E-state index >= 15 is 0 Å². The summed E-state index contributed by atoms with van der Waals surface area (Å²) in [7, 11) is 1.53. The molecule has 106 valence electrons. The Balaban J connectivity index is 3.11. The maximum atomic E-state index is 12.3. The van der Waals surface area contributed by atoms with Crippen molar-refractivity contribution < 1.29 is 14.7 Å². The lowest BCUT2D eigenvalue weighted by Crippen LogP contribution is -2.52. The van der Waals surface area contributed by atoms with Crippen molar-refractivity contribution in [2.75, 3.05) is 11.9 Å². The maximum Gasteiger partial charge on any atom is 0.340 e. The van der Waals surface area contributed by atoms with Crippen molar-refractivity contribution in [3.63, 3.8) is 0 Å². The fourth-order valence-electron chi connectivity index (χ4n) is 1.93. The second-order valence-corrected chi connectivity index (χ2v) is 5.54. The van der Waals surface area contributed by atoms with Crippen LogP contribution < -0.4 is 10.6 Å². The summed E-state index contributed by atoms with van der Waals surface area (Å²) in [6.07, 6.45) is 1.32. The Morgan fingerprint density at radius 2 is 2.11 bits per heavy atom. The lowest BCUT2D eigenvalue weighted by molar-refractivity contribution is -0.123. The minimum Gasteiger partial charge on any atom is -0.478 e. The van der Waals surface area contributed by atoms with Crippen LogP contribution in [0.3, 0.4) is 0 Å². The number of carboxylic acids is 1. The number of nitrogens with zero attached hydrogens (tertiary/aromatic N) is 2. The molecule has 0 saturated carbocycles. The number of rotatable bonds is 5. The Labute approximate surface area is 116 Å². The van der Waals surface area contributed by atoms with Gasteiger partial charge in [0.05, 0.1) is 11.2 Å². The molecule has 1 atom stereocenters. The molecule has 0 fully saturated rings. The molecule has 1 aromatic rings. The number of likely N-dealkylation sites (N-methyl/N-ethyl adjacent to an activating group) is 1. The Hall–Kier alpha value is -1.47. The standard InChI is InChI=1S/C12H19N3O3S/c1-5-6-12(3,13)11(18)15(4)9-8(10(16)17)7(2)14-19-9/h5-6,13H2,1-4H3,(H,16,17). The van der Waals surface area contributed by atoms with Gasteiger partial charge in [0.25, 0.3) is 0 Å². The quantitative estimate of drug-likeness (QED) is 0.857. The molecule has 1 unspecified atom stereocenters. The highest BCUT2D eigenvalue weighted by Crippen LogP contribution is 2.29. The van der Waals surface area contributed by atoms with Gasteiger partial charge < -0.3 is 15.7 Å². The zero-order valence-electron chi connectivity index (χ0n) is 11.6. The molecular formula is C12H19N3O3S. The monoisotopic (exact) mass is 285 g/mol. The fourth-order valence-corrected chi connectivity index (χ4v) is 2.78. The van der Waals surface area contributed by atoms with Crippen molar-refractivity contribution >= 4 is 28.4 Å². The van der Waals surface area contributed by atoms with E-state index in [0.717, 1.165) is 18.0 Å². The summed E-state index contributed by atoms with van der Waals surface area (Å²) in [5, 5.41) is 9.49. The van der Waals surface area contributed by atoms with Crippen molar-refractivity contribution in [2.24, 2.45) is 5.73 Å². The van der Waals surface area contributed by atoms with E-state index in [4.69, 9.17) is 10.8 Å². The van der Waals surface area contributed by atoms with Gasteiger partial charge in [0.1, 0.15) is 10.6 Å². The summed E-state index contributed by atoms with van der Waals surface area (Å²) < 4.78 is 4.00. The first-order chi connectivity index (χ1) is 8.72. The highest BCUT2D eigenvalue weighted by Gasteiger charge is 2.33. The number of carbonyl (C=O) groups excluding carboxylic acids is 1. The Morgan fingerprint density at radius 1 is 1.53 bits per heavy atom. The number of nitrogens with two attached hydrogens (primary N) is 1. The summed E-state index contributed by atoms with van der Waals surface area (Å²) in [5.41, 5.74) is 5.45. The number of carbonyl (C=O) groups is 2. The first-order valence-corrected chi connectivity index (χ1v) is 6.76. The van der Waals surface area contributed by atoms with E-state index in [1.165, 1.54) is 11.9 Å². The molecule has 0 spiro atoms. The predicted octanol–water partition coefficient (Wildman–Crippen LogP) is 1.63. The van der Waals surface area contributed by atoms with Gasteiger partial charge >= 0.3 is 5.97 Å². The molecule has 1 rings (SSSR count). The number of amides is 1. The highest BCUT2D eigenvalue weighted by molar-refractivity contribution is 7.11. The molecule has 7 heteroatoms. The van der Waals surface area contributed by atoms with Crippen LogP contribution in [0.2, 0.25) is 0 Å². The highest BCUT2D eigenvalue weighted by atomic mass is 32.1. The van der Waals surface area contributed by atoms with Gasteiger partial charge in [-0.1, -0.05) is 13.3 Å².